The third-order valence-corrected chi connectivity index (χ3v) is 1.13. The van der Waals surface area contributed by atoms with Crippen molar-refractivity contribution in [1.82, 2.24) is 4.90 Å². The molecule has 0 unspecified atom stereocenters. The quantitative estimate of drug-likeness (QED) is 0.584. The van der Waals surface area contributed by atoms with E-state index in [-0.39, 0.29) is 26.2 Å². The van der Waals surface area contributed by atoms with E-state index in [9.17, 15) is 8.78 Å². The third kappa shape index (κ3) is 5.77. The summed E-state index contributed by atoms with van der Waals surface area (Å²) in [6.07, 6.45) is 2.52. The molecule has 64 valence electrons. The Bertz CT molecular complexity index is 133. The molecule has 0 aromatic heterocycles. The van der Waals surface area contributed by atoms with Crippen molar-refractivity contribution in [2.45, 2.75) is 6.43 Å². The number of alkyl halides is 2. The second kappa shape index (κ2) is 6.08. The summed E-state index contributed by atoms with van der Waals surface area (Å²) in [5.41, 5.74) is 0. The van der Waals surface area contributed by atoms with Crippen molar-refractivity contribution >= 4 is 0 Å². The van der Waals surface area contributed by atoms with Crippen molar-refractivity contribution < 1.29 is 13.9 Å². The summed E-state index contributed by atoms with van der Waals surface area (Å²) in [4.78, 5) is 1.32. The first-order chi connectivity index (χ1) is 5.20. The van der Waals surface area contributed by atoms with Crippen molar-refractivity contribution in [1.29, 1.82) is 0 Å². The van der Waals surface area contributed by atoms with Crippen molar-refractivity contribution in [2.24, 2.45) is 0 Å². The molecule has 0 aliphatic rings. The monoisotopic (exact) mass is 163 g/mol. The summed E-state index contributed by atoms with van der Waals surface area (Å²) in [7, 11) is 0. The van der Waals surface area contributed by atoms with E-state index in [2.05, 4.69) is 5.92 Å². The van der Waals surface area contributed by atoms with Crippen LogP contribution in [0, 0.1) is 12.3 Å². The molecule has 0 spiro atoms. The lowest BCUT2D eigenvalue weighted by Crippen LogP contribution is -2.31. The van der Waals surface area contributed by atoms with Gasteiger partial charge in [0.2, 0.25) is 0 Å². The highest BCUT2D eigenvalue weighted by atomic mass is 19.3. The fourth-order valence-electron chi connectivity index (χ4n) is 0.701. The number of terminal acetylenes is 1. The van der Waals surface area contributed by atoms with E-state index in [1.165, 1.54) is 4.90 Å². The third-order valence-electron chi connectivity index (χ3n) is 1.13. The Morgan fingerprint density at radius 1 is 1.55 bits per heavy atom. The van der Waals surface area contributed by atoms with Crippen LogP contribution in [0.4, 0.5) is 8.78 Å². The van der Waals surface area contributed by atoms with Crippen LogP contribution >= 0.6 is 0 Å². The molecule has 0 saturated carbocycles. The first-order valence-corrected chi connectivity index (χ1v) is 3.25. The predicted octanol–water partition coefficient (Wildman–Crippen LogP) is 0.179. The topological polar surface area (TPSA) is 23.5 Å². The molecule has 2 nitrogen and oxygen atoms in total. The second-order valence-electron chi connectivity index (χ2n) is 2.05. The lowest BCUT2D eigenvalue weighted by atomic mass is 10.4. The molecule has 0 bridgehead atoms. The second-order valence-corrected chi connectivity index (χ2v) is 2.05. The summed E-state index contributed by atoms with van der Waals surface area (Å²) in [5, 5.41) is 8.42. The predicted molar refractivity (Wildman–Crippen MR) is 38.4 cm³/mol. The van der Waals surface area contributed by atoms with Crippen molar-refractivity contribution in [3.63, 3.8) is 0 Å². The Hall–Kier alpha value is -0.660. The van der Waals surface area contributed by atoms with Crippen LogP contribution in [0.15, 0.2) is 0 Å². The number of halogens is 2. The molecule has 0 saturated heterocycles. The number of aliphatic hydroxyl groups is 1. The minimum Gasteiger partial charge on any atom is -0.395 e. The van der Waals surface area contributed by atoms with Gasteiger partial charge in [-0.15, -0.1) is 6.42 Å². The Labute approximate surface area is 64.8 Å². The Morgan fingerprint density at radius 2 is 2.18 bits per heavy atom. The zero-order valence-corrected chi connectivity index (χ0v) is 6.13. The van der Waals surface area contributed by atoms with Gasteiger partial charge in [-0.25, -0.2) is 8.78 Å². The smallest absolute Gasteiger partial charge is 0.251 e. The molecule has 0 atom stereocenters. The summed E-state index contributed by atoms with van der Waals surface area (Å²) < 4.78 is 23.5. The molecule has 0 fully saturated rings. The zero-order chi connectivity index (χ0) is 8.69. The molecule has 0 amide bonds. The molecule has 4 heteroatoms. The lowest BCUT2D eigenvalue weighted by Gasteiger charge is -2.16. The molecule has 0 aliphatic carbocycles. The van der Waals surface area contributed by atoms with Crippen LogP contribution in [0.1, 0.15) is 0 Å². The summed E-state index contributed by atoms with van der Waals surface area (Å²) in [5.74, 6) is 2.24. The fraction of sp³-hybridized carbons (Fsp3) is 0.714. The van der Waals surface area contributed by atoms with Gasteiger partial charge >= 0.3 is 0 Å². The van der Waals surface area contributed by atoms with Gasteiger partial charge in [0.15, 0.2) is 0 Å². The minimum atomic E-state index is -2.39. The van der Waals surface area contributed by atoms with Crippen molar-refractivity contribution in [3.8, 4) is 12.3 Å². The van der Waals surface area contributed by atoms with Crippen LogP contribution in [0.25, 0.3) is 0 Å². The van der Waals surface area contributed by atoms with E-state index in [1.807, 2.05) is 0 Å². The number of hydrogen-bond acceptors (Lipinski definition) is 2. The van der Waals surface area contributed by atoms with Crippen LogP contribution in [0.5, 0.6) is 0 Å². The van der Waals surface area contributed by atoms with Gasteiger partial charge in [-0.3, -0.25) is 4.90 Å². The number of aliphatic hydroxyl groups excluding tert-OH is 1. The van der Waals surface area contributed by atoms with Gasteiger partial charge in [0.05, 0.1) is 19.7 Å². The lowest BCUT2D eigenvalue weighted by molar-refractivity contribution is 0.0854. The highest BCUT2D eigenvalue weighted by Crippen LogP contribution is 1.96. The first kappa shape index (κ1) is 10.3. The molecule has 11 heavy (non-hydrogen) atoms. The standard InChI is InChI=1S/C7H11F2NO/c1-2-3-10(4-5-11)6-7(8)9/h1,7,11H,3-6H2. The normalized spacial score (nSPS) is 10.5. The summed E-state index contributed by atoms with van der Waals surface area (Å²) in [6, 6.07) is 0. The number of nitrogens with zero attached hydrogens (tertiary/aromatic N) is 1. The fourth-order valence-corrected chi connectivity index (χ4v) is 0.701. The van der Waals surface area contributed by atoms with Gasteiger partial charge in [-0.2, -0.15) is 0 Å². The maximum Gasteiger partial charge on any atom is 0.251 e. The van der Waals surface area contributed by atoms with E-state index in [1.54, 1.807) is 0 Å². The van der Waals surface area contributed by atoms with Gasteiger partial charge < -0.3 is 5.11 Å². The summed E-state index contributed by atoms with van der Waals surface area (Å²) >= 11 is 0. The highest BCUT2D eigenvalue weighted by Gasteiger charge is 2.09. The average molecular weight is 163 g/mol. The van der Waals surface area contributed by atoms with E-state index >= 15 is 0 Å². The molecular formula is C7H11F2NO. The largest absolute Gasteiger partial charge is 0.395 e. The van der Waals surface area contributed by atoms with Gasteiger partial charge in [0, 0.05) is 6.54 Å². The Balaban J connectivity index is 3.61. The van der Waals surface area contributed by atoms with Gasteiger partial charge in [-0.05, 0) is 0 Å². The molecule has 0 radical (unpaired) electrons. The van der Waals surface area contributed by atoms with Crippen molar-refractivity contribution in [2.75, 3.05) is 26.2 Å². The molecule has 0 aromatic carbocycles. The van der Waals surface area contributed by atoms with E-state index in [0.717, 1.165) is 0 Å². The average Bonchev–Trinajstić information content (AvgIpc) is 1.87. The zero-order valence-electron chi connectivity index (χ0n) is 6.13. The number of hydrogen-bond donors (Lipinski definition) is 1. The molecule has 0 heterocycles. The SMILES string of the molecule is C#CCN(CCO)CC(F)F. The van der Waals surface area contributed by atoms with Gasteiger partial charge in [-0.1, -0.05) is 5.92 Å². The van der Waals surface area contributed by atoms with E-state index in [4.69, 9.17) is 11.5 Å². The number of rotatable bonds is 5. The van der Waals surface area contributed by atoms with Gasteiger partial charge in [0.25, 0.3) is 6.43 Å². The Kier molecular flexibility index (Phi) is 5.71. The minimum absolute atomic E-state index is 0.144. The highest BCUT2D eigenvalue weighted by molar-refractivity contribution is 4.88. The maximum absolute atomic E-state index is 11.7. The van der Waals surface area contributed by atoms with Gasteiger partial charge in [0.1, 0.15) is 0 Å². The van der Waals surface area contributed by atoms with Crippen LogP contribution in [-0.4, -0.2) is 42.7 Å². The first-order valence-electron chi connectivity index (χ1n) is 3.25. The molecule has 0 aliphatic heterocycles. The molecule has 1 N–H and O–H groups in total. The van der Waals surface area contributed by atoms with Crippen LogP contribution in [-0.2, 0) is 0 Å². The van der Waals surface area contributed by atoms with E-state index in [0.29, 0.717) is 0 Å². The van der Waals surface area contributed by atoms with Crippen molar-refractivity contribution in [3.05, 3.63) is 0 Å². The van der Waals surface area contributed by atoms with Crippen LogP contribution < -0.4 is 0 Å². The Morgan fingerprint density at radius 3 is 2.55 bits per heavy atom. The maximum atomic E-state index is 11.7. The van der Waals surface area contributed by atoms with E-state index < -0.39 is 6.43 Å². The molecular weight excluding hydrogens is 152 g/mol. The van der Waals surface area contributed by atoms with Crippen LogP contribution in [0.3, 0.4) is 0 Å². The molecule has 0 rings (SSSR count). The summed E-state index contributed by atoms with van der Waals surface area (Å²) in [6.45, 7) is -0.154. The molecule has 0 aromatic rings. The van der Waals surface area contributed by atoms with Crippen LogP contribution in [0.2, 0.25) is 0 Å².